The van der Waals surface area contributed by atoms with Gasteiger partial charge in [-0.15, -0.1) is 0 Å². The molecule has 1 saturated carbocycles. The molecule has 0 aromatic carbocycles. The zero-order valence-corrected chi connectivity index (χ0v) is 4.89. The van der Waals surface area contributed by atoms with E-state index in [0.29, 0.717) is 5.92 Å². The summed E-state index contributed by atoms with van der Waals surface area (Å²) < 4.78 is 0. The molecule has 2 nitrogen and oxygen atoms in total. The maximum absolute atomic E-state index is 10.0. The van der Waals surface area contributed by atoms with Gasteiger partial charge in [0, 0.05) is 5.97 Å². The van der Waals surface area contributed by atoms with E-state index in [2.05, 4.69) is 6.92 Å². The Morgan fingerprint density at radius 1 is 1.62 bits per heavy atom. The van der Waals surface area contributed by atoms with E-state index in [1.54, 1.807) is 0 Å². The highest BCUT2D eigenvalue weighted by atomic mass is 16.4. The molecule has 0 N–H and O–H groups in total. The predicted octanol–water partition coefficient (Wildman–Crippen LogP) is -0.218. The van der Waals surface area contributed by atoms with Gasteiger partial charge in [0.25, 0.3) is 0 Å². The van der Waals surface area contributed by atoms with Crippen LogP contribution in [-0.4, -0.2) is 5.97 Å². The Morgan fingerprint density at radius 2 is 2.12 bits per heavy atom. The molecule has 0 unspecified atom stereocenters. The first-order valence-electron chi connectivity index (χ1n) is 2.91. The Bertz CT molecular complexity index is 103. The first-order valence-corrected chi connectivity index (χ1v) is 2.91. The van der Waals surface area contributed by atoms with Crippen molar-refractivity contribution in [1.82, 2.24) is 0 Å². The molecule has 0 spiro atoms. The molecule has 0 aromatic heterocycles. The van der Waals surface area contributed by atoms with Crippen LogP contribution in [0.25, 0.3) is 0 Å². The average Bonchev–Trinajstić information content (AvgIpc) is 1.57. The lowest BCUT2D eigenvalue weighted by Crippen LogP contribution is -2.38. The highest BCUT2D eigenvalue weighted by Crippen LogP contribution is 2.32. The van der Waals surface area contributed by atoms with E-state index in [1.807, 2.05) is 0 Å². The lowest BCUT2D eigenvalue weighted by molar-refractivity contribution is -0.315. The van der Waals surface area contributed by atoms with Crippen LogP contribution < -0.4 is 5.11 Å². The van der Waals surface area contributed by atoms with Crippen LogP contribution in [-0.2, 0) is 4.79 Å². The van der Waals surface area contributed by atoms with Gasteiger partial charge in [-0.2, -0.15) is 0 Å². The van der Waals surface area contributed by atoms with Crippen LogP contribution in [0.5, 0.6) is 0 Å². The molecule has 2 heteroatoms. The van der Waals surface area contributed by atoms with Crippen LogP contribution in [0.15, 0.2) is 0 Å². The van der Waals surface area contributed by atoms with Gasteiger partial charge in [0.15, 0.2) is 0 Å². The smallest absolute Gasteiger partial charge is 0.0445 e. The van der Waals surface area contributed by atoms with Crippen LogP contribution in [0.2, 0.25) is 0 Å². The second kappa shape index (κ2) is 1.77. The summed E-state index contributed by atoms with van der Waals surface area (Å²) in [4.78, 5) is 10.0. The summed E-state index contributed by atoms with van der Waals surface area (Å²) in [7, 11) is 0. The zero-order chi connectivity index (χ0) is 6.15. The molecule has 0 atom stereocenters. The molecule has 8 heavy (non-hydrogen) atoms. The van der Waals surface area contributed by atoms with E-state index in [-0.39, 0.29) is 5.92 Å². The number of carbonyl (C=O) groups is 1. The van der Waals surface area contributed by atoms with E-state index in [9.17, 15) is 9.90 Å². The van der Waals surface area contributed by atoms with Crippen molar-refractivity contribution in [3.8, 4) is 0 Å². The van der Waals surface area contributed by atoms with Gasteiger partial charge in [-0.3, -0.25) is 0 Å². The molecular weight excluding hydrogens is 104 g/mol. The summed E-state index contributed by atoms with van der Waals surface area (Å²) in [5.41, 5.74) is 0. The molecule has 0 amide bonds. The van der Waals surface area contributed by atoms with Crippen molar-refractivity contribution in [2.24, 2.45) is 11.8 Å². The third-order valence-electron chi connectivity index (χ3n) is 1.71. The minimum atomic E-state index is -0.872. The predicted molar refractivity (Wildman–Crippen MR) is 26.9 cm³/mol. The second-order valence-electron chi connectivity index (χ2n) is 2.59. The average molecular weight is 113 g/mol. The van der Waals surface area contributed by atoms with E-state index < -0.39 is 5.97 Å². The standard InChI is InChI=1S/C6H10O2/c1-4-2-5(3-4)6(7)8/h4-5H,2-3H2,1H3,(H,7,8)/p-1. The molecule has 0 radical (unpaired) electrons. The molecule has 0 bridgehead atoms. The van der Waals surface area contributed by atoms with Crippen LogP contribution in [0.4, 0.5) is 0 Å². The Hall–Kier alpha value is -0.530. The molecule has 0 heterocycles. The van der Waals surface area contributed by atoms with Crippen molar-refractivity contribution >= 4 is 5.97 Å². The van der Waals surface area contributed by atoms with Crippen molar-refractivity contribution in [3.05, 3.63) is 0 Å². The van der Waals surface area contributed by atoms with Crippen LogP contribution >= 0.6 is 0 Å². The molecule has 0 aromatic rings. The van der Waals surface area contributed by atoms with Crippen molar-refractivity contribution in [2.75, 3.05) is 0 Å². The minimum absolute atomic E-state index is 0.134. The van der Waals surface area contributed by atoms with Gasteiger partial charge < -0.3 is 9.90 Å². The van der Waals surface area contributed by atoms with E-state index >= 15 is 0 Å². The van der Waals surface area contributed by atoms with Crippen molar-refractivity contribution in [2.45, 2.75) is 19.8 Å². The number of carboxylic acid groups (broad SMARTS) is 1. The Kier molecular flexibility index (Phi) is 1.24. The van der Waals surface area contributed by atoms with Crippen LogP contribution in [0, 0.1) is 11.8 Å². The summed E-state index contributed by atoms with van der Waals surface area (Å²) in [6.07, 6.45) is 1.64. The number of hydrogen-bond donors (Lipinski definition) is 0. The number of carbonyl (C=O) groups excluding carboxylic acids is 1. The Labute approximate surface area is 48.5 Å². The first-order chi connectivity index (χ1) is 3.70. The largest absolute Gasteiger partial charge is 0.550 e. The number of aliphatic carboxylic acids is 1. The number of hydrogen-bond acceptors (Lipinski definition) is 2. The fourth-order valence-corrected chi connectivity index (χ4v) is 1.09. The molecule has 46 valence electrons. The SMILES string of the molecule is CC1CC(C(=O)[O-])C1. The molecule has 1 aliphatic carbocycles. The highest BCUT2D eigenvalue weighted by molar-refractivity contribution is 5.68. The molecule has 1 fully saturated rings. The number of carboxylic acids is 1. The van der Waals surface area contributed by atoms with Crippen molar-refractivity contribution in [1.29, 1.82) is 0 Å². The molecule has 0 saturated heterocycles. The molecule has 1 aliphatic rings. The monoisotopic (exact) mass is 113 g/mol. The topological polar surface area (TPSA) is 40.1 Å². The molecule has 1 rings (SSSR count). The third kappa shape index (κ3) is 0.831. The number of rotatable bonds is 1. The van der Waals surface area contributed by atoms with Gasteiger partial charge in [-0.05, 0) is 24.7 Å². The van der Waals surface area contributed by atoms with Crippen LogP contribution in [0.3, 0.4) is 0 Å². The highest BCUT2D eigenvalue weighted by Gasteiger charge is 2.25. The van der Waals surface area contributed by atoms with E-state index in [1.165, 1.54) is 0 Å². The lowest BCUT2D eigenvalue weighted by Gasteiger charge is -2.32. The Morgan fingerprint density at radius 3 is 2.25 bits per heavy atom. The van der Waals surface area contributed by atoms with Gasteiger partial charge in [-0.25, -0.2) is 0 Å². The van der Waals surface area contributed by atoms with Gasteiger partial charge in [0.1, 0.15) is 0 Å². The van der Waals surface area contributed by atoms with Gasteiger partial charge >= 0.3 is 0 Å². The molecular formula is C6H9O2-. The van der Waals surface area contributed by atoms with Gasteiger partial charge in [0.05, 0.1) is 0 Å². The van der Waals surface area contributed by atoms with Gasteiger partial charge in [0.2, 0.25) is 0 Å². The molecule has 0 aliphatic heterocycles. The summed E-state index contributed by atoms with van der Waals surface area (Å²) in [5.74, 6) is -0.397. The van der Waals surface area contributed by atoms with Crippen molar-refractivity contribution in [3.63, 3.8) is 0 Å². The Balaban J connectivity index is 2.25. The van der Waals surface area contributed by atoms with E-state index in [4.69, 9.17) is 0 Å². The summed E-state index contributed by atoms with van der Waals surface area (Å²) in [6.45, 7) is 2.06. The quantitative estimate of drug-likeness (QED) is 0.471. The van der Waals surface area contributed by atoms with Crippen LogP contribution in [0.1, 0.15) is 19.8 Å². The third-order valence-corrected chi connectivity index (χ3v) is 1.71. The normalized spacial score (nSPS) is 36.1. The van der Waals surface area contributed by atoms with E-state index in [0.717, 1.165) is 12.8 Å². The second-order valence-corrected chi connectivity index (χ2v) is 2.59. The lowest BCUT2D eigenvalue weighted by atomic mass is 9.76. The van der Waals surface area contributed by atoms with Gasteiger partial charge in [-0.1, -0.05) is 6.92 Å². The maximum atomic E-state index is 10.0. The fourth-order valence-electron chi connectivity index (χ4n) is 1.09. The zero-order valence-electron chi connectivity index (χ0n) is 4.89. The summed E-state index contributed by atoms with van der Waals surface area (Å²) in [6, 6.07) is 0. The maximum Gasteiger partial charge on any atom is 0.0445 e. The summed E-state index contributed by atoms with van der Waals surface area (Å²) in [5, 5.41) is 10.0. The first kappa shape index (κ1) is 5.60. The van der Waals surface area contributed by atoms with Crippen molar-refractivity contribution < 1.29 is 9.90 Å². The minimum Gasteiger partial charge on any atom is -0.550 e. The summed E-state index contributed by atoms with van der Waals surface area (Å²) >= 11 is 0. The fraction of sp³-hybridized carbons (Fsp3) is 0.833.